The number of nitrogens with two attached hydrogens (primary N) is 2. The Kier molecular flexibility index (Phi) is 56.8. The van der Waals surface area contributed by atoms with Crippen LogP contribution >= 0.6 is 35.6 Å². The van der Waals surface area contributed by atoms with Crippen LogP contribution in [0, 0.1) is 26.8 Å². The Labute approximate surface area is 609 Å². The third-order valence-electron chi connectivity index (χ3n) is 11.5. The number of carboxylic acids is 2. The molecule has 8 aromatic rings. The molecule has 0 aliphatic rings. The Hall–Kier alpha value is -7.47. The van der Waals surface area contributed by atoms with E-state index in [1.165, 1.54) is 30.0 Å². The summed E-state index contributed by atoms with van der Waals surface area (Å²) in [4.78, 5) is 71.6. The van der Waals surface area contributed by atoms with Gasteiger partial charge in [-0.15, -0.1) is 47.7 Å². The maximum absolute atomic E-state index is 12.2. The van der Waals surface area contributed by atoms with Crippen molar-refractivity contribution in [1.82, 2.24) is 10.5 Å². The molecule has 23 heteroatoms. The van der Waals surface area contributed by atoms with Gasteiger partial charge in [0.25, 0.3) is 5.91 Å². The van der Waals surface area contributed by atoms with E-state index in [2.05, 4.69) is 21.3 Å². The standard InChI is InChI=1S/C16H17NO.C15H16N2O.C10H13NO2.C8H10N.C8H8O2.C7H7NO2.C4H10O.C2H7NO.CH2Cl2.CH4.B.BrH.ClH.Mg/c1-12-4-6-13(7-5-12)16(18)14-8-10-15(11-9-14)17(2)3;1-17(2)14-9-5-12(6-10-14)15(18)11-3-7-13(16)8-4-11;1-8-4-6-9(7-5-8)10(12)11(2)13-3;1-9(2)8-6-4-3-5-7-8;1-6-2-4-7(5-3-6)8(9)10;8-6-3-1-5(2-4-6)7(9)10;1-4(2,3)5;1-3-4-2;2-1-3;;;;;/h4-11H,1-3H3;3-10H,16H2,1-2H3;4-7H,1-3H3;4-7H,1-2H3;2-5H,1H3,(H,9,10);1-4H,8H2,(H,9,10);5H,1-3H3;3H,1-2H3;1H2;1H4;;2*1H;/q;;;-1;;;;;;;;;;+2/p-1. The molecule has 8 aromatic carbocycles. The van der Waals surface area contributed by atoms with Gasteiger partial charge in [-0.3, -0.25) is 19.2 Å². The number of rotatable bonds is 12. The third kappa shape index (κ3) is 44.8. The van der Waals surface area contributed by atoms with E-state index in [4.69, 9.17) is 54.8 Å². The maximum Gasteiger partial charge on any atom is 2.00 e. The van der Waals surface area contributed by atoms with Gasteiger partial charge < -0.3 is 63.3 Å². The smallest absolute Gasteiger partial charge is 1.00 e. The van der Waals surface area contributed by atoms with Crippen molar-refractivity contribution in [3.05, 3.63) is 256 Å². The average Bonchev–Trinajstić information content (AvgIpc) is 0.920. The predicted octanol–water partition coefficient (Wildman–Crippen LogP) is 11.0. The number of alkyl halides is 2. The number of aliphatic hydroxyl groups is 1. The monoisotopic (exact) mass is 1440 g/mol. The topological polar surface area (TPSA) is 242 Å². The van der Waals surface area contributed by atoms with E-state index >= 15 is 0 Å². The molecule has 0 unspecified atom stereocenters. The molecule has 0 aliphatic heterocycles. The van der Waals surface area contributed by atoms with Crippen molar-refractivity contribution in [2.24, 2.45) is 0 Å². The quantitative estimate of drug-likeness (QED) is 0.0166. The van der Waals surface area contributed by atoms with Gasteiger partial charge in [-0.2, -0.15) is 18.2 Å². The summed E-state index contributed by atoms with van der Waals surface area (Å²) in [5, 5.41) is 26.8. The SMILES string of the molecule is C.CC(C)(C)O.CN(C)c1cc[c-]cc1.CN(C)c1ccc(C(=O)c2ccc(N)cc2)cc1.CNOC.CON(C)C(=O)c1ccc(C)cc1.Cc1ccc(C(=O)O)cc1.Cc1ccc(C(=O)c2ccc(N(C)C)cc2)cc1.Cl.ClCCl.Nc1ccc(C(=O)O)cc1.[B].[Br-].[Mg+2]. The molecule has 0 saturated heterocycles. The zero-order chi connectivity index (χ0) is 68.5. The van der Waals surface area contributed by atoms with E-state index in [1.807, 2.05) is 182 Å². The fraction of sp³-hybridized carbons (Fsp3) is 0.264. The van der Waals surface area contributed by atoms with Crippen LogP contribution in [0.3, 0.4) is 0 Å². The molecule has 8 N–H and O–H groups in total. The Morgan fingerprint density at radius 3 is 0.916 bits per heavy atom. The van der Waals surface area contributed by atoms with Gasteiger partial charge in [0.2, 0.25) is 0 Å². The number of nitrogens with zero attached hydrogens (tertiary/aromatic N) is 4. The van der Waals surface area contributed by atoms with Gasteiger partial charge in [0.05, 0.1) is 36.3 Å². The zero-order valence-electron chi connectivity index (χ0n) is 56.7. The fourth-order valence-electron chi connectivity index (χ4n) is 6.45. The van der Waals surface area contributed by atoms with Crippen molar-refractivity contribution in [3.63, 3.8) is 0 Å². The van der Waals surface area contributed by atoms with Crippen molar-refractivity contribution in [3.8, 4) is 0 Å². The van der Waals surface area contributed by atoms with Crippen molar-refractivity contribution in [1.29, 1.82) is 0 Å². The van der Waals surface area contributed by atoms with Crippen LogP contribution < -0.4 is 48.6 Å². The summed E-state index contributed by atoms with van der Waals surface area (Å²) in [5.74, 6) is -1.86. The molecule has 17 nitrogen and oxygen atoms in total. The molecule has 511 valence electrons. The number of carbonyl (C=O) groups excluding carboxylic acids is 3. The van der Waals surface area contributed by atoms with E-state index in [0.29, 0.717) is 33.6 Å². The van der Waals surface area contributed by atoms with Gasteiger partial charge in [0.1, 0.15) is 0 Å². The Morgan fingerprint density at radius 1 is 0.484 bits per heavy atom. The molecule has 0 fully saturated rings. The van der Waals surface area contributed by atoms with E-state index in [1.54, 1.807) is 115 Å². The normalized spacial score (nSPS) is 9.13. The first kappa shape index (κ1) is 98.6. The van der Waals surface area contributed by atoms with Gasteiger partial charge in [-0.1, -0.05) is 78.3 Å². The summed E-state index contributed by atoms with van der Waals surface area (Å²) in [5.41, 5.74) is 24.9. The first-order valence-electron chi connectivity index (χ1n) is 27.9. The molecular weight excluding hydrogens is 1340 g/mol. The Morgan fingerprint density at radius 2 is 0.695 bits per heavy atom. The third-order valence-corrected chi connectivity index (χ3v) is 11.5. The molecular formula is C72H95BBrCl3MgN7O10. The second-order valence-electron chi connectivity index (χ2n) is 20.8. The molecule has 1 amide bonds. The molecule has 0 aromatic heterocycles. The number of amides is 1. The maximum atomic E-state index is 12.2. The summed E-state index contributed by atoms with van der Waals surface area (Å²) >= 11 is 9.53. The minimum atomic E-state index is -0.931. The number of hydrogen-bond donors (Lipinski definition) is 6. The number of carbonyl (C=O) groups is 5. The fourth-order valence-corrected chi connectivity index (χ4v) is 6.45. The van der Waals surface area contributed by atoms with Crippen LogP contribution in [0.5, 0.6) is 0 Å². The number of anilines is 5. The van der Waals surface area contributed by atoms with Gasteiger partial charge in [-0.25, -0.2) is 20.1 Å². The number of ketones is 2. The van der Waals surface area contributed by atoms with Crippen LogP contribution in [0.1, 0.15) is 108 Å². The molecule has 95 heavy (non-hydrogen) atoms. The molecule has 0 saturated carbocycles. The van der Waals surface area contributed by atoms with E-state index in [9.17, 15) is 24.0 Å². The number of hydroxylamine groups is 3. The number of nitrogens with one attached hydrogen (secondary N) is 1. The summed E-state index contributed by atoms with van der Waals surface area (Å²) < 4.78 is 0. The summed E-state index contributed by atoms with van der Waals surface area (Å²) in [6.45, 7) is 11.1. The number of aromatic carboxylic acids is 2. The summed E-state index contributed by atoms with van der Waals surface area (Å²) in [7, 11) is 18.3. The number of aryl methyl sites for hydroxylation is 3. The van der Waals surface area contributed by atoms with Crippen molar-refractivity contribution in [2.45, 2.75) is 54.6 Å². The van der Waals surface area contributed by atoms with E-state index in [0.717, 1.165) is 39.2 Å². The number of hydrogen-bond acceptors (Lipinski definition) is 14. The molecule has 3 radical (unpaired) electrons. The number of carboxylic acid groups (broad SMARTS) is 2. The minimum absolute atomic E-state index is 0. The molecule has 0 aliphatic carbocycles. The van der Waals surface area contributed by atoms with Gasteiger partial charge in [0, 0.05) is 115 Å². The second-order valence-corrected chi connectivity index (χ2v) is 21.6. The number of benzene rings is 8. The molecule has 0 spiro atoms. The average molecular weight is 1440 g/mol. The van der Waals surface area contributed by atoms with Crippen LogP contribution in [-0.2, 0) is 9.68 Å². The number of halogens is 4. The first-order valence-corrected chi connectivity index (χ1v) is 28.9. The Bertz CT molecular complexity index is 3140. The zero-order valence-corrected chi connectivity index (χ0v) is 62.0. The first-order chi connectivity index (χ1) is 42.3. The molecule has 0 atom stereocenters. The Balaban J connectivity index is -0.000000243. The van der Waals surface area contributed by atoms with E-state index in [-0.39, 0.29) is 96.7 Å². The van der Waals surface area contributed by atoms with Crippen molar-refractivity contribution in [2.75, 3.05) is 102 Å². The van der Waals surface area contributed by atoms with Crippen LogP contribution in [-0.4, -0.2) is 163 Å². The summed E-state index contributed by atoms with van der Waals surface area (Å²) in [6, 6.07) is 60.9. The van der Waals surface area contributed by atoms with Crippen LogP contribution in [0.2, 0.25) is 0 Å². The predicted molar refractivity (Wildman–Crippen MR) is 396 cm³/mol. The van der Waals surface area contributed by atoms with Gasteiger partial charge in [-0.05, 0) is 163 Å². The second kappa shape index (κ2) is 54.7. The molecule has 0 bridgehead atoms. The molecule has 8 rings (SSSR count). The minimum Gasteiger partial charge on any atom is -1.00 e. The van der Waals surface area contributed by atoms with Crippen molar-refractivity contribution >= 4 is 125 Å². The van der Waals surface area contributed by atoms with Crippen molar-refractivity contribution < 1.29 is 65.9 Å². The largest absolute Gasteiger partial charge is 2.00 e. The van der Waals surface area contributed by atoms with Crippen LogP contribution in [0.25, 0.3) is 0 Å². The van der Waals surface area contributed by atoms with Gasteiger partial charge >= 0.3 is 35.0 Å². The van der Waals surface area contributed by atoms with Crippen LogP contribution in [0.4, 0.5) is 28.4 Å². The van der Waals surface area contributed by atoms with Gasteiger partial charge in [0.15, 0.2) is 11.6 Å². The molecule has 0 heterocycles. The van der Waals surface area contributed by atoms with E-state index < -0.39 is 17.5 Å². The number of nitrogen functional groups attached to an aromatic ring is 2. The van der Waals surface area contributed by atoms with Crippen LogP contribution in [0.15, 0.2) is 194 Å². The summed E-state index contributed by atoms with van der Waals surface area (Å²) in [6.07, 6.45) is 0.